The molecule has 0 heterocycles. The van der Waals surface area contributed by atoms with Crippen LogP contribution in [-0.2, 0) is 28.6 Å². The Morgan fingerprint density at radius 3 is 1.54 bits per heavy atom. The molecule has 0 saturated carbocycles. The van der Waals surface area contributed by atoms with Gasteiger partial charge in [0.25, 0.3) is 0 Å². The molecular formula is C51H87NO7. The van der Waals surface area contributed by atoms with Crippen molar-refractivity contribution in [1.82, 2.24) is 0 Å². The van der Waals surface area contributed by atoms with E-state index in [0.717, 1.165) is 83.5 Å². The van der Waals surface area contributed by atoms with Crippen LogP contribution in [0.4, 0.5) is 0 Å². The van der Waals surface area contributed by atoms with Gasteiger partial charge in [-0.25, -0.2) is 0 Å². The summed E-state index contributed by atoms with van der Waals surface area (Å²) in [5.74, 6) is -1.77. The van der Waals surface area contributed by atoms with Crippen LogP contribution in [0.25, 0.3) is 0 Å². The van der Waals surface area contributed by atoms with Gasteiger partial charge in [-0.1, -0.05) is 164 Å². The zero-order valence-electron chi connectivity index (χ0n) is 38.4. The second-order valence-corrected chi connectivity index (χ2v) is 16.7. The van der Waals surface area contributed by atoms with Gasteiger partial charge in [0.05, 0.1) is 40.3 Å². The Labute approximate surface area is 361 Å². The standard InChI is InChI=1S/C51H87NO7/c1-6-8-10-12-14-16-18-20-21-22-23-24-25-26-27-28-30-32-34-36-38-40-42-50(54)59-47(45-57-44-43-48(51(55)56)52(3,4)5)46-58-49(53)41-39-37-35-33-31-29-19-17-15-13-11-9-7-2/h9,11,13-17,19-21,23-24,47-48H,6-8,10,12,18,22,25-46H2,1-5H3/b11-9+,15-13+,16-14+,19-17+,21-20+,24-23+. The first kappa shape index (κ1) is 55.8. The number of aliphatic carboxylic acids is 1. The fourth-order valence-electron chi connectivity index (χ4n) is 6.49. The highest BCUT2D eigenvalue weighted by Gasteiger charge is 2.25. The molecule has 0 N–H and O–H groups in total. The summed E-state index contributed by atoms with van der Waals surface area (Å²) in [5.41, 5.74) is 0. The Hall–Kier alpha value is -3.23. The quantitative estimate of drug-likeness (QED) is 0.0199. The topological polar surface area (TPSA) is 102 Å². The highest BCUT2D eigenvalue weighted by molar-refractivity contribution is 5.70. The maximum absolute atomic E-state index is 12.8. The molecule has 2 unspecified atom stereocenters. The molecule has 2 atom stereocenters. The van der Waals surface area contributed by atoms with E-state index >= 15 is 0 Å². The number of unbranched alkanes of at least 4 members (excludes halogenated alkanes) is 17. The highest BCUT2D eigenvalue weighted by Crippen LogP contribution is 2.14. The zero-order valence-corrected chi connectivity index (χ0v) is 38.4. The third kappa shape index (κ3) is 40.0. The van der Waals surface area contributed by atoms with Crippen LogP contribution in [-0.4, -0.2) is 75.5 Å². The van der Waals surface area contributed by atoms with E-state index in [1.807, 2.05) is 6.08 Å². The Morgan fingerprint density at radius 1 is 0.542 bits per heavy atom. The second kappa shape index (κ2) is 41.5. The largest absolute Gasteiger partial charge is 0.544 e. The van der Waals surface area contributed by atoms with Gasteiger partial charge in [0, 0.05) is 19.3 Å². The summed E-state index contributed by atoms with van der Waals surface area (Å²) >= 11 is 0. The van der Waals surface area contributed by atoms with Gasteiger partial charge in [0.2, 0.25) is 0 Å². The van der Waals surface area contributed by atoms with Crippen LogP contribution in [0.2, 0.25) is 0 Å². The molecule has 0 amide bonds. The highest BCUT2D eigenvalue weighted by atomic mass is 16.6. The predicted molar refractivity (Wildman–Crippen MR) is 245 cm³/mol. The lowest BCUT2D eigenvalue weighted by Gasteiger charge is -2.34. The lowest BCUT2D eigenvalue weighted by molar-refractivity contribution is -0.889. The monoisotopic (exact) mass is 826 g/mol. The van der Waals surface area contributed by atoms with E-state index < -0.39 is 18.1 Å². The fraction of sp³-hybridized carbons (Fsp3) is 0.706. The Kier molecular flexibility index (Phi) is 39.2. The van der Waals surface area contributed by atoms with Gasteiger partial charge < -0.3 is 28.6 Å². The van der Waals surface area contributed by atoms with E-state index in [1.54, 1.807) is 21.1 Å². The van der Waals surface area contributed by atoms with Gasteiger partial charge in [-0.15, -0.1) is 0 Å². The Balaban J connectivity index is 4.30. The molecule has 0 aromatic rings. The number of nitrogens with zero attached hydrogens (tertiary/aromatic N) is 1. The normalized spacial score (nSPS) is 13.6. The fourth-order valence-corrected chi connectivity index (χ4v) is 6.49. The summed E-state index contributed by atoms with van der Waals surface area (Å²) in [6.07, 6.45) is 52.1. The number of ether oxygens (including phenoxy) is 3. The number of esters is 2. The number of allylic oxidation sites excluding steroid dienone is 12. The molecule has 0 aliphatic rings. The van der Waals surface area contributed by atoms with Gasteiger partial charge in [-0.05, 0) is 70.6 Å². The minimum Gasteiger partial charge on any atom is -0.544 e. The third-order valence-electron chi connectivity index (χ3n) is 10.1. The summed E-state index contributed by atoms with van der Waals surface area (Å²) in [6.45, 7) is 4.47. The minimum absolute atomic E-state index is 0.0284. The van der Waals surface area contributed by atoms with Gasteiger partial charge in [0.15, 0.2) is 6.10 Å². The second-order valence-electron chi connectivity index (χ2n) is 16.7. The van der Waals surface area contributed by atoms with Crippen LogP contribution < -0.4 is 5.11 Å². The summed E-state index contributed by atoms with van der Waals surface area (Å²) in [4.78, 5) is 36.9. The summed E-state index contributed by atoms with van der Waals surface area (Å²) in [6, 6.07) is -0.733. The maximum Gasteiger partial charge on any atom is 0.306 e. The van der Waals surface area contributed by atoms with Crippen molar-refractivity contribution in [3.8, 4) is 0 Å². The van der Waals surface area contributed by atoms with E-state index in [2.05, 4.69) is 80.7 Å². The van der Waals surface area contributed by atoms with Crippen LogP contribution in [0.15, 0.2) is 72.9 Å². The molecule has 0 aromatic carbocycles. The molecule has 0 rings (SSSR count). The summed E-state index contributed by atoms with van der Waals surface area (Å²) in [5, 5.41) is 11.6. The minimum atomic E-state index is -1.13. The molecule has 0 aromatic heterocycles. The predicted octanol–water partition coefficient (Wildman–Crippen LogP) is 11.8. The summed E-state index contributed by atoms with van der Waals surface area (Å²) in [7, 11) is 5.39. The molecule has 0 aliphatic carbocycles. The molecule has 59 heavy (non-hydrogen) atoms. The number of hydrogen-bond donors (Lipinski definition) is 0. The van der Waals surface area contributed by atoms with Gasteiger partial charge >= 0.3 is 11.9 Å². The van der Waals surface area contributed by atoms with Crippen molar-refractivity contribution in [3.63, 3.8) is 0 Å². The van der Waals surface area contributed by atoms with Gasteiger partial charge in [-0.3, -0.25) is 9.59 Å². The number of rotatable bonds is 41. The van der Waals surface area contributed by atoms with E-state index in [4.69, 9.17) is 14.2 Å². The van der Waals surface area contributed by atoms with Gasteiger partial charge in [-0.2, -0.15) is 0 Å². The molecule has 8 nitrogen and oxygen atoms in total. The lowest BCUT2D eigenvalue weighted by atomic mass is 10.1. The molecule has 0 saturated heterocycles. The number of carboxylic acids is 1. The van der Waals surface area contributed by atoms with Crippen molar-refractivity contribution in [1.29, 1.82) is 0 Å². The van der Waals surface area contributed by atoms with Crippen LogP contribution >= 0.6 is 0 Å². The van der Waals surface area contributed by atoms with Crippen LogP contribution in [0.1, 0.15) is 181 Å². The van der Waals surface area contributed by atoms with E-state index in [0.29, 0.717) is 12.8 Å². The number of quaternary nitrogens is 1. The van der Waals surface area contributed by atoms with Crippen molar-refractivity contribution in [2.75, 3.05) is 41.0 Å². The Morgan fingerprint density at radius 2 is 1.02 bits per heavy atom. The molecule has 0 bridgehead atoms. The summed E-state index contributed by atoms with van der Waals surface area (Å²) < 4.78 is 17.2. The van der Waals surface area contributed by atoms with Gasteiger partial charge in [0.1, 0.15) is 12.6 Å². The van der Waals surface area contributed by atoms with Crippen LogP contribution in [0.3, 0.4) is 0 Å². The average molecular weight is 826 g/mol. The molecule has 0 aliphatic heterocycles. The molecule has 0 spiro atoms. The molecule has 0 radical (unpaired) electrons. The van der Waals surface area contributed by atoms with Crippen LogP contribution in [0, 0.1) is 0 Å². The third-order valence-corrected chi connectivity index (χ3v) is 10.1. The Bertz CT molecular complexity index is 1190. The smallest absolute Gasteiger partial charge is 0.306 e. The van der Waals surface area contributed by atoms with Crippen LogP contribution in [0.5, 0.6) is 0 Å². The SMILES string of the molecule is CC/C=C/C=C/C=C/CCCCCCCC(=O)OCC(COCCC(C(=O)[O-])[N+](C)(C)C)OC(=O)CCCCCCCCCCC/C=C/C/C=C/C/C=C/CCCCC. The zero-order chi connectivity index (χ0) is 43.5. The average Bonchev–Trinajstić information content (AvgIpc) is 3.19. The molecule has 8 heteroatoms. The number of hydrogen-bond acceptors (Lipinski definition) is 7. The van der Waals surface area contributed by atoms with Crippen molar-refractivity contribution < 1.29 is 38.2 Å². The first-order chi connectivity index (χ1) is 28.6. The van der Waals surface area contributed by atoms with E-state index in [9.17, 15) is 19.5 Å². The maximum atomic E-state index is 12.8. The van der Waals surface area contributed by atoms with Crippen molar-refractivity contribution in [2.24, 2.45) is 0 Å². The van der Waals surface area contributed by atoms with E-state index in [1.165, 1.54) is 64.2 Å². The first-order valence-corrected chi connectivity index (χ1v) is 23.5. The molecular weight excluding hydrogens is 739 g/mol. The number of carboxylic acid groups (broad SMARTS) is 1. The first-order valence-electron chi connectivity index (χ1n) is 23.5. The van der Waals surface area contributed by atoms with Crippen molar-refractivity contribution in [2.45, 2.75) is 193 Å². The number of carbonyl (C=O) groups excluding carboxylic acids is 3. The molecule has 338 valence electrons. The van der Waals surface area contributed by atoms with E-state index in [-0.39, 0.29) is 42.7 Å². The van der Waals surface area contributed by atoms with Crippen molar-refractivity contribution >= 4 is 17.9 Å². The molecule has 0 fully saturated rings. The number of likely N-dealkylation sites (N-methyl/N-ethyl adjacent to an activating group) is 1. The number of carbonyl (C=O) groups is 3. The van der Waals surface area contributed by atoms with Crippen molar-refractivity contribution in [3.05, 3.63) is 72.9 Å². The lowest BCUT2D eigenvalue weighted by Crippen LogP contribution is -2.55.